The van der Waals surface area contributed by atoms with Gasteiger partial charge in [0, 0.05) is 38.5 Å². The van der Waals surface area contributed by atoms with Gasteiger partial charge in [0.2, 0.25) is 0 Å². The van der Waals surface area contributed by atoms with Crippen molar-refractivity contribution in [1.82, 2.24) is 9.97 Å². The zero-order valence-corrected chi connectivity index (χ0v) is 14.0. The van der Waals surface area contributed by atoms with E-state index in [0.717, 1.165) is 21.8 Å². The maximum absolute atomic E-state index is 4.36. The highest BCUT2D eigenvalue weighted by atomic mass is 32.1. The Labute approximate surface area is 142 Å². The molecule has 0 bridgehead atoms. The lowest BCUT2D eigenvalue weighted by molar-refractivity contribution is 1.27. The van der Waals surface area contributed by atoms with Crippen molar-refractivity contribution in [1.29, 1.82) is 0 Å². The van der Waals surface area contributed by atoms with E-state index < -0.39 is 0 Å². The Morgan fingerprint density at radius 2 is 1.96 bits per heavy atom. The summed E-state index contributed by atoms with van der Waals surface area (Å²) in [6, 6.07) is 12.7. The second kappa shape index (κ2) is 5.96. The van der Waals surface area contributed by atoms with Gasteiger partial charge in [0.1, 0.15) is 5.69 Å². The van der Waals surface area contributed by atoms with Gasteiger partial charge in [-0.2, -0.15) is 0 Å². The van der Waals surface area contributed by atoms with E-state index >= 15 is 0 Å². The summed E-state index contributed by atoms with van der Waals surface area (Å²) in [5.74, 6) is 6.25. The second-order valence-electron chi connectivity index (χ2n) is 5.11. The SMILES string of the molecule is Cc1nc(C#Cc2cncc(-c3cc4ccccc4s3)c2)cs1. The highest BCUT2D eigenvalue weighted by molar-refractivity contribution is 7.22. The van der Waals surface area contributed by atoms with Gasteiger partial charge in [-0.25, -0.2) is 4.98 Å². The lowest BCUT2D eigenvalue weighted by Crippen LogP contribution is -1.81. The van der Waals surface area contributed by atoms with Crippen molar-refractivity contribution in [3.8, 4) is 22.3 Å². The molecule has 0 spiro atoms. The Kier molecular flexibility index (Phi) is 3.66. The van der Waals surface area contributed by atoms with Crippen molar-refractivity contribution in [3.63, 3.8) is 0 Å². The number of pyridine rings is 1. The van der Waals surface area contributed by atoms with E-state index in [1.807, 2.05) is 18.5 Å². The second-order valence-corrected chi connectivity index (χ2v) is 7.26. The lowest BCUT2D eigenvalue weighted by atomic mass is 10.1. The molecule has 0 radical (unpaired) electrons. The van der Waals surface area contributed by atoms with Crippen LogP contribution in [-0.4, -0.2) is 9.97 Å². The van der Waals surface area contributed by atoms with Crippen molar-refractivity contribution in [2.24, 2.45) is 0 Å². The normalized spacial score (nSPS) is 10.5. The van der Waals surface area contributed by atoms with Gasteiger partial charge in [0.05, 0.1) is 5.01 Å². The maximum atomic E-state index is 4.36. The molecule has 23 heavy (non-hydrogen) atoms. The number of thiazole rings is 1. The van der Waals surface area contributed by atoms with Crippen LogP contribution in [0.15, 0.2) is 54.2 Å². The van der Waals surface area contributed by atoms with Gasteiger partial charge in [-0.1, -0.05) is 24.1 Å². The molecule has 0 unspecified atom stereocenters. The van der Waals surface area contributed by atoms with E-state index in [4.69, 9.17) is 0 Å². The summed E-state index contributed by atoms with van der Waals surface area (Å²) in [5.41, 5.74) is 2.83. The minimum Gasteiger partial charge on any atom is -0.263 e. The summed E-state index contributed by atoms with van der Waals surface area (Å²) in [5, 5.41) is 4.28. The standard InChI is InChI=1S/C19H12N2S2/c1-13-21-17(12-22-13)7-6-14-8-16(11-20-10-14)19-9-15-4-2-3-5-18(15)23-19/h2-5,8-12H,1H3. The average molecular weight is 332 g/mol. The molecule has 4 aromatic rings. The average Bonchev–Trinajstić information content (AvgIpc) is 3.19. The zero-order chi connectivity index (χ0) is 15.6. The van der Waals surface area contributed by atoms with Crippen molar-refractivity contribution in [2.45, 2.75) is 6.92 Å². The highest BCUT2D eigenvalue weighted by Gasteiger charge is 2.04. The molecule has 0 amide bonds. The fourth-order valence-corrected chi connectivity index (χ4v) is 3.91. The van der Waals surface area contributed by atoms with E-state index in [-0.39, 0.29) is 0 Å². The first-order valence-corrected chi connectivity index (χ1v) is 8.86. The van der Waals surface area contributed by atoms with Gasteiger partial charge in [-0.15, -0.1) is 22.7 Å². The Hall–Kier alpha value is -2.48. The first-order chi connectivity index (χ1) is 11.3. The summed E-state index contributed by atoms with van der Waals surface area (Å²) in [7, 11) is 0. The zero-order valence-electron chi connectivity index (χ0n) is 12.4. The topological polar surface area (TPSA) is 25.8 Å². The smallest absolute Gasteiger partial charge is 0.124 e. The third-order valence-electron chi connectivity index (χ3n) is 3.40. The van der Waals surface area contributed by atoms with E-state index in [9.17, 15) is 0 Å². The molecule has 0 aliphatic rings. The molecule has 3 aromatic heterocycles. The van der Waals surface area contributed by atoms with Crippen LogP contribution >= 0.6 is 22.7 Å². The molecule has 3 heterocycles. The number of rotatable bonds is 1. The molecule has 0 saturated heterocycles. The van der Waals surface area contributed by atoms with Crippen LogP contribution < -0.4 is 0 Å². The van der Waals surface area contributed by atoms with Crippen LogP contribution in [0.3, 0.4) is 0 Å². The quantitative estimate of drug-likeness (QED) is 0.452. The van der Waals surface area contributed by atoms with E-state index in [2.05, 4.69) is 58.2 Å². The number of hydrogen-bond acceptors (Lipinski definition) is 4. The van der Waals surface area contributed by atoms with Crippen LogP contribution in [0.1, 0.15) is 16.3 Å². The maximum Gasteiger partial charge on any atom is 0.124 e. The van der Waals surface area contributed by atoms with Crippen LogP contribution in [0.2, 0.25) is 0 Å². The number of nitrogens with zero attached hydrogens (tertiary/aromatic N) is 2. The largest absolute Gasteiger partial charge is 0.263 e. The molecule has 110 valence electrons. The molecule has 0 aliphatic carbocycles. The number of fused-ring (bicyclic) bond motifs is 1. The Balaban J connectivity index is 1.70. The summed E-state index contributed by atoms with van der Waals surface area (Å²) in [4.78, 5) is 9.91. The summed E-state index contributed by atoms with van der Waals surface area (Å²) in [6.45, 7) is 1.99. The molecular formula is C19H12N2S2. The third kappa shape index (κ3) is 3.02. The van der Waals surface area contributed by atoms with E-state index in [0.29, 0.717) is 0 Å². The molecule has 1 aromatic carbocycles. The molecule has 0 aliphatic heterocycles. The van der Waals surface area contributed by atoms with Crippen LogP contribution in [0.25, 0.3) is 20.5 Å². The summed E-state index contributed by atoms with van der Waals surface area (Å²) >= 11 is 3.39. The molecule has 4 heteroatoms. The summed E-state index contributed by atoms with van der Waals surface area (Å²) in [6.07, 6.45) is 3.69. The van der Waals surface area contributed by atoms with Crippen LogP contribution in [0.5, 0.6) is 0 Å². The van der Waals surface area contributed by atoms with Crippen molar-refractivity contribution >= 4 is 32.8 Å². The van der Waals surface area contributed by atoms with Crippen LogP contribution in [0.4, 0.5) is 0 Å². The van der Waals surface area contributed by atoms with Crippen molar-refractivity contribution in [2.75, 3.05) is 0 Å². The number of benzene rings is 1. The Morgan fingerprint density at radius 1 is 1.04 bits per heavy atom. The van der Waals surface area contributed by atoms with Gasteiger partial charge in [0.15, 0.2) is 0 Å². The van der Waals surface area contributed by atoms with Crippen LogP contribution in [0, 0.1) is 18.8 Å². The number of aryl methyl sites for hydroxylation is 1. The van der Waals surface area contributed by atoms with E-state index in [1.54, 1.807) is 28.9 Å². The Morgan fingerprint density at radius 3 is 2.78 bits per heavy atom. The van der Waals surface area contributed by atoms with Crippen molar-refractivity contribution < 1.29 is 0 Å². The van der Waals surface area contributed by atoms with Gasteiger partial charge in [0.25, 0.3) is 0 Å². The first-order valence-electron chi connectivity index (χ1n) is 7.16. The predicted molar refractivity (Wildman–Crippen MR) is 97.9 cm³/mol. The minimum absolute atomic E-state index is 0.819. The molecule has 0 N–H and O–H groups in total. The van der Waals surface area contributed by atoms with Gasteiger partial charge in [-0.05, 0) is 36.4 Å². The lowest BCUT2D eigenvalue weighted by Gasteiger charge is -1.96. The monoisotopic (exact) mass is 332 g/mol. The third-order valence-corrected chi connectivity index (χ3v) is 5.34. The molecule has 0 saturated carbocycles. The first kappa shape index (κ1) is 14.1. The molecule has 4 rings (SSSR count). The van der Waals surface area contributed by atoms with Gasteiger partial charge >= 0.3 is 0 Å². The molecular weight excluding hydrogens is 320 g/mol. The van der Waals surface area contributed by atoms with Gasteiger partial charge in [-0.3, -0.25) is 4.98 Å². The fourth-order valence-electron chi connectivity index (χ4n) is 2.32. The van der Waals surface area contributed by atoms with Crippen molar-refractivity contribution in [3.05, 3.63) is 70.4 Å². The fraction of sp³-hybridized carbons (Fsp3) is 0.0526. The molecule has 0 fully saturated rings. The summed E-state index contributed by atoms with van der Waals surface area (Å²) < 4.78 is 1.29. The van der Waals surface area contributed by atoms with Gasteiger partial charge < -0.3 is 0 Å². The number of hydrogen-bond donors (Lipinski definition) is 0. The molecule has 2 nitrogen and oxygen atoms in total. The predicted octanol–water partition coefficient (Wildman–Crippen LogP) is 5.13. The Bertz CT molecular complexity index is 1010. The minimum atomic E-state index is 0.819. The number of thiophene rings is 1. The highest BCUT2D eigenvalue weighted by Crippen LogP contribution is 2.33. The number of aromatic nitrogens is 2. The molecule has 0 atom stereocenters. The van der Waals surface area contributed by atoms with E-state index in [1.165, 1.54) is 15.0 Å². The van der Waals surface area contributed by atoms with Crippen LogP contribution in [-0.2, 0) is 0 Å².